The number of anilines is 1. The van der Waals surface area contributed by atoms with Crippen LogP contribution in [0, 0.1) is 0 Å². The number of fused-ring (bicyclic) bond motifs is 1. The Bertz CT molecular complexity index is 2050. The number of aromatic amines is 1. The van der Waals surface area contributed by atoms with Crippen molar-refractivity contribution < 1.29 is 60.7 Å². The van der Waals surface area contributed by atoms with Crippen LogP contribution in [-0.2, 0) is 29.6 Å². The number of nitrogens with zero attached hydrogens (tertiary/aromatic N) is 6. The van der Waals surface area contributed by atoms with Crippen LogP contribution < -0.4 is 5.73 Å². The van der Waals surface area contributed by atoms with Crippen LogP contribution >= 0.6 is 12.0 Å². The number of aromatic hydroxyl groups is 2. The van der Waals surface area contributed by atoms with Gasteiger partial charge in [0, 0.05) is 5.69 Å². The number of hydrogen-bond acceptors (Lipinski definition) is 18. The van der Waals surface area contributed by atoms with E-state index in [1.54, 1.807) is 0 Å². The van der Waals surface area contributed by atoms with Gasteiger partial charge in [-0.15, -0.1) is 29.9 Å². The molecule has 0 bridgehead atoms. The van der Waals surface area contributed by atoms with E-state index in [1.165, 1.54) is 6.07 Å². The summed E-state index contributed by atoms with van der Waals surface area (Å²) in [6.07, 6.45) is 0. The number of nitrogens with one attached hydrogen (secondary N) is 1. The summed E-state index contributed by atoms with van der Waals surface area (Å²) in [6.45, 7) is 0. The van der Waals surface area contributed by atoms with Crippen LogP contribution in [0.3, 0.4) is 0 Å². The van der Waals surface area contributed by atoms with Crippen LogP contribution in [0.25, 0.3) is 10.8 Å². The predicted octanol–water partition coefficient (Wildman–Crippen LogP) is 3.40. The third kappa shape index (κ3) is 6.65. The maximum absolute atomic E-state index is 12.1. The number of nitrogen functional groups attached to an aromatic ring is 1. The molecular formula is C19H14N8O13S3. The van der Waals surface area contributed by atoms with E-state index in [9.17, 15) is 40.9 Å². The van der Waals surface area contributed by atoms with Crippen LogP contribution in [0.15, 0.2) is 65.5 Å². The van der Waals surface area contributed by atoms with Crippen LogP contribution in [0.2, 0.25) is 0 Å². The smallest absolute Gasteiger partial charge is 0.373 e. The summed E-state index contributed by atoms with van der Waals surface area (Å²) in [4.78, 5) is 12.3. The minimum atomic E-state index is -5.15. The number of benzene rings is 3. The van der Waals surface area contributed by atoms with Crippen molar-refractivity contribution in [1.82, 2.24) is 15.2 Å². The largest absolute Gasteiger partial charge is 0.505 e. The molecule has 0 fully saturated rings. The van der Waals surface area contributed by atoms with Crippen molar-refractivity contribution in [3.8, 4) is 11.5 Å². The lowest BCUT2D eigenvalue weighted by molar-refractivity contribution is -0.432. The molecule has 3 aromatic carbocycles. The zero-order chi connectivity index (χ0) is 31.7. The summed E-state index contributed by atoms with van der Waals surface area (Å²) in [6, 6.07) is 4.91. The number of H-pyrrole nitrogens is 1. The Labute approximate surface area is 241 Å². The first kappa shape index (κ1) is 31.1. The molecule has 0 spiro atoms. The lowest BCUT2D eigenvalue weighted by Crippen LogP contribution is -2.00. The van der Waals surface area contributed by atoms with E-state index in [-0.39, 0.29) is 28.0 Å². The molecule has 226 valence electrons. The van der Waals surface area contributed by atoms with Gasteiger partial charge in [-0.3, -0.25) is 14.2 Å². The number of nitrogens with two attached hydrogens (primary N) is 1. The van der Waals surface area contributed by atoms with E-state index < -0.39 is 81.7 Å². The number of phenols is 2. The lowest BCUT2D eigenvalue weighted by Gasteiger charge is -2.13. The second-order valence-electron chi connectivity index (χ2n) is 7.83. The zero-order valence-electron chi connectivity index (χ0n) is 20.4. The Kier molecular flexibility index (Phi) is 8.55. The third-order valence-corrected chi connectivity index (χ3v) is 7.49. The van der Waals surface area contributed by atoms with Crippen molar-refractivity contribution in [3.63, 3.8) is 0 Å². The van der Waals surface area contributed by atoms with Gasteiger partial charge in [0.1, 0.15) is 26.9 Å². The first-order chi connectivity index (χ1) is 20.1. The third-order valence-electron chi connectivity index (χ3n) is 5.12. The minimum absolute atomic E-state index is 0.0599. The number of aromatic carboxylic acids is 1. The van der Waals surface area contributed by atoms with Crippen molar-refractivity contribution in [2.45, 2.75) is 14.7 Å². The summed E-state index contributed by atoms with van der Waals surface area (Å²) < 4.78 is 71.5. The van der Waals surface area contributed by atoms with Gasteiger partial charge in [-0.2, -0.15) is 21.8 Å². The van der Waals surface area contributed by atoms with Gasteiger partial charge in [-0.25, -0.2) is 10.1 Å². The molecule has 0 aliphatic carbocycles. The van der Waals surface area contributed by atoms with E-state index in [0.717, 1.165) is 24.3 Å². The van der Waals surface area contributed by atoms with Gasteiger partial charge in [0.05, 0.1) is 22.3 Å². The number of aromatic nitrogens is 3. The van der Waals surface area contributed by atoms with E-state index in [0.29, 0.717) is 0 Å². The molecule has 0 aliphatic heterocycles. The van der Waals surface area contributed by atoms with Gasteiger partial charge in [-0.1, -0.05) is 5.04 Å². The quantitative estimate of drug-likeness (QED) is 0.0302. The molecule has 1 heterocycles. The average Bonchev–Trinajstić information content (AvgIpc) is 3.39. The molecule has 24 heteroatoms. The normalized spacial score (nSPS) is 12.5. The number of azo groups is 2. The van der Waals surface area contributed by atoms with E-state index in [4.69, 9.17) is 16.1 Å². The fourth-order valence-electron chi connectivity index (χ4n) is 3.38. The lowest BCUT2D eigenvalue weighted by atomic mass is 10.1. The fourth-order valence-corrected chi connectivity index (χ4v) is 5.19. The van der Waals surface area contributed by atoms with Crippen molar-refractivity contribution >= 4 is 77.7 Å². The Balaban J connectivity index is 1.97. The molecule has 0 saturated carbocycles. The topological polar surface area (TPSA) is 342 Å². The van der Waals surface area contributed by atoms with Crippen LogP contribution in [-0.4, -0.2) is 67.7 Å². The Morgan fingerprint density at radius 2 is 1.58 bits per heavy atom. The molecule has 43 heavy (non-hydrogen) atoms. The maximum Gasteiger partial charge on any atom is 0.373 e. The first-order valence-electron chi connectivity index (χ1n) is 10.7. The summed E-state index contributed by atoms with van der Waals surface area (Å²) in [7, 11) is -10.0. The molecular weight excluding hydrogens is 644 g/mol. The van der Waals surface area contributed by atoms with Gasteiger partial charge < -0.3 is 21.1 Å². The van der Waals surface area contributed by atoms with Gasteiger partial charge in [0.15, 0.2) is 11.5 Å². The van der Waals surface area contributed by atoms with Gasteiger partial charge >= 0.3 is 5.97 Å². The highest BCUT2D eigenvalue weighted by Gasteiger charge is 2.27. The molecule has 0 radical (unpaired) electrons. The highest BCUT2D eigenvalue weighted by atomic mass is 32.2. The van der Waals surface area contributed by atoms with Gasteiger partial charge in [-0.05, 0) is 35.7 Å². The molecule has 1 aromatic heterocycles. The Morgan fingerprint density at radius 3 is 2.19 bits per heavy atom. The van der Waals surface area contributed by atoms with E-state index in [2.05, 4.69) is 39.9 Å². The predicted molar refractivity (Wildman–Crippen MR) is 140 cm³/mol. The van der Waals surface area contributed by atoms with E-state index >= 15 is 0 Å². The van der Waals surface area contributed by atoms with Crippen LogP contribution in [0.1, 0.15) is 10.6 Å². The van der Waals surface area contributed by atoms with Gasteiger partial charge in [0.25, 0.3) is 26.2 Å². The number of phenolic OH excluding ortho intramolecular Hbond substituents is 2. The molecule has 4 aromatic rings. The summed E-state index contributed by atoms with van der Waals surface area (Å²) in [5, 5.41) is 62.0. The van der Waals surface area contributed by atoms with Crippen LogP contribution in [0.4, 0.5) is 28.7 Å². The Morgan fingerprint density at radius 1 is 0.930 bits per heavy atom. The first-order valence-corrected chi connectivity index (χ1v) is 14.3. The van der Waals surface area contributed by atoms with Crippen molar-refractivity contribution in [2.24, 2.45) is 20.5 Å². The number of rotatable bonds is 10. The van der Waals surface area contributed by atoms with Crippen LogP contribution in [0.5, 0.6) is 11.5 Å². The van der Waals surface area contributed by atoms with Gasteiger partial charge in [0.2, 0.25) is 5.82 Å². The number of carboxylic acids is 1. The molecule has 0 amide bonds. The minimum Gasteiger partial charge on any atom is -0.505 e. The summed E-state index contributed by atoms with van der Waals surface area (Å²) in [5.74, 6) is -4.87. The van der Waals surface area contributed by atoms with Crippen molar-refractivity contribution in [2.75, 3.05) is 5.73 Å². The molecule has 4 rings (SSSR count). The molecule has 0 atom stereocenters. The Hall–Kier alpha value is -4.82. The average molecular weight is 659 g/mol. The number of hydrogen-bond donors (Lipinski definition) is 8. The molecule has 0 saturated heterocycles. The monoisotopic (exact) mass is 658 g/mol. The zero-order valence-corrected chi connectivity index (χ0v) is 22.9. The number of carbonyl (C=O) groups is 1. The SMILES string of the molecule is Nc1ccc(N=Nc2c(SOOO)cc3cc(S(=O)(=O)O)c(N=Nc4n[nH]c(C(=O)O)n4)c(O)c3c2O)c(S(=O)(=O)O)c1. The second-order valence-corrected chi connectivity index (χ2v) is 11.4. The second kappa shape index (κ2) is 11.8. The standard InChI is InChI=1S/C19H14N8O13S3/c20-7-1-2-8(10(5-7)42(33,34)35)22-23-13-9(41-40-39-32)3-6-4-11(43(36,37)38)14(16(29)12(6)15(13)28)24-26-19-21-17(18(30)31)25-27-19/h1-5,28-29,32H,20H2,(H,30,31)(H,21,25,27)(H,33,34,35)(H,36,37,38). The highest BCUT2D eigenvalue weighted by Crippen LogP contribution is 2.51. The van der Waals surface area contributed by atoms with Crippen molar-refractivity contribution in [3.05, 3.63) is 36.2 Å². The summed E-state index contributed by atoms with van der Waals surface area (Å²) >= 11 is 0.182. The van der Waals surface area contributed by atoms with Crippen molar-refractivity contribution in [1.29, 1.82) is 0 Å². The van der Waals surface area contributed by atoms with E-state index in [1.807, 2.05) is 5.10 Å². The molecule has 0 unspecified atom stereocenters. The molecule has 0 aliphatic rings. The number of carboxylic acid groups (broad SMARTS) is 1. The summed E-state index contributed by atoms with van der Waals surface area (Å²) in [5.41, 5.74) is 3.49. The molecule has 21 nitrogen and oxygen atoms in total. The highest BCUT2D eigenvalue weighted by molar-refractivity contribution is 7.94. The fraction of sp³-hybridized carbons (Fsp3) is 0. The maximum atomic E-state index is 12.1. The molecule has 9 N–H and O–H groups in total.